The van der Waals surface area contributed by atoms with E-state index in [1.807, 2.05) is 0 Å². The lowest BCUT2D eigenvalue weighted by molar-refractivity contribution is 0.128. The minimum Gasteiger partial charge on any atom is -0.313 e. The van der Waals surface area contributed by atoms with E-state index in [2.05, 4.69) is 24.5 Å². The molecule has 1 aliphatic carbocycles. The van der Waals surface area contributed by atoms with Crippen LogP contribution in [0.3, 0.4) is 0 Å². The van der Waals surface area contributed by atoms with E-state index in [0.717, 1.165) is 6.54 Å². The number of nitrogens with one attached hydrogen (secondary N) is 2. The molecule has 1 saturated carbocycles. The molecule has 2 nitrogen and oxygen atoms in total. The molecule has 0 unspecified atom stereocenters. The highest BCUT2D eigenvalue weighted by Crippen LogP contribution is 2.31. The Kier molecular flexibility index (Phi) is 2.37. The summed E-state index contributed by atoms with van der Waals surface area (Å²) < 4.78 is 0. The summed E-state index contributed by atoms with van der Waals surface area (Å²) in [7, 11) is 0. The lowest BCUT2D eigenvalue weighted by Crippen LogP contribution is -2.68. The first-order chi connectivity index (χ1) is 6.12. The van der Waals surface area contributed by atoms with Gasteiger partial charge in [0.15, 0.2) is 0 Å². The van der Waals surface area contributed by atoms with E-state index < -0.39 is 0 Å². The molecule has 13 heavy (non-hydrogen) atoms. The molecule has 2 N–H and O–H groups in total. The van der Waals surface area contributed by atoms with Gasteiger partial charge in [-0.05, 0) is 26.7 Å². The molecule has 0 aromatic rings. The first-order valence-corrected chi connectivity index (χ1v) is 5.62. The van der Waals surface area contributed by atoms with Crippen LogP contribution in [0.2, 0.25) is 0 Å². The molecule has 2 fully saturated rings. The van der Waals surface area contributed by atoms with E-state index in [1.165, 1.54) is 38.6 Å². The van der Waals surface area contributed by atoms with Crippen molar-refractivity contribution in [1.82, 2.24) is 10.6 Å². The Balaban J connectivity index is 2.04. The van der Waals surface area contributed by atoms with Crippen LogP contribution in [-0.2, 0) is 0 Å². The Labute approximate surface area is 81.5 Å². The van der Waals surface area contributed by atoms with Crippen molar-refractivity contribution in [3.8, 4) is 0 Å². The Hall–Kier alpha value is -0.0800. The molecule has 2 heteroatoms. The molecular weight excluding hydrogens is 160 g/mol. The monoisotopic (exact) mass is 182 g/mol. The summed E-state index contributed by atoms with van der Waals surface area (Å²) in [6.45, 7) is 6.89. The first kappa shape index (κ1) is 9.47. The van der Waals surface area contributed by atoms with Crippen LogP contribution in [0, 0.1) is 0 Å². The zero-order valence-corrected chi connectivity index (χ0v) is 8.95. The Bertz CT molecular complexity index is 175. The Morgan fingerprint density at radius 2 is 1.62 bits per heavy atom. The fourth-order valence-electron chi connectivity index (χ4n) is 2.95. The van der Waals surface area contributed by atoms with Gasteiger partial charge >= 0.3 is 0 Å². The van der Waals surface area contributed by atoms with Gasteiger partial charge in [-0.25, -0.2) is 0 Å². The fraction of sp³-hybridized carbons (Fsp3) is 1.00. The molecular formula is C11H22N2. The standard InChI is InChI=1S/C11H22N2/c1-10(2)8-12-9-11(13-10)6-4-3-5-7-11/h12-13H,3-9H2,1-2H3. The largest absolute Gasteiger partial charge is 0.313 e. The molecule has 2 rings (SSSR count). The van der Waals surface area contributed by atoms with Gasteiger partial charge in [0.05, 0.1) is 0 Å². The summed E-state index contributed by atoms with van der Waals surface area (Å²) in [5.74, 6) is 0. The van der Waals surface area contributed by atoms with Gasteiger partial charge in [0.2, 0.25) is 0 Å². The predicted molar refractivity (Wildman–Crippen MR) is 55.9 cm³/mol. The van der Waals surface area contributed by atoms with Gasteiger partial charge in [-0.2, -0.15) is 0 Å². The zero-order valence-electron chi connectivity index (χ0n) is 8.95. The molecule has 0 aromatic heterocycles. The van der Waals surface area contributed by atoms with Gasteiger partial charge in [0.25, 0.3) is 0 Å². The third-order valence-corrected chi connectivity index (χ3v) is 3.44. The highest BCUT2D eigenvalue weighted by Gasteiger charge is 2.39. The van der Waals surface area contributed by atoms with Crippen molar-refractivity contribution in [2.24, 2.45) is 0 Å². The van der Waals surface area contributed by atoms with Crippen LogP contribution in [0.25, 0.3) is 0 Å². The minimum absolute atomic E-state index is 0.287. The van der Waals surface area contributed by atoms with Crippen LogP contribution in [-0.4, -0.2) is 24.2 Å². The Morgan fingerprint density at radius 1 is 0.923 bits per heavy atom. The zero-order chi connectivity index (χ0) is 9.36. The second kappa shape index (κ2) is 3.25. The van der Waals surface area contributed by atoms with Gasteiger partial charge < -0.3 is 10.6 Å². The van der Waals surface area contributed by atoms with E-state index in [1.54, 1.807) is 0 Å². The smallest absolute Gasteiger partial charge is 0.0311 e. The molecule has 0 bridgehead atoms. The van der Waals surface area contributed by atoms with Gasteiger partial charge in [-0.3, -0.25) is 0 Å². The average molecular weight is 182 g/mol. The lowest BCUT2D eigenvalue weighted by Gasteiger charge is -2.49. The highest BCUT2D eigenvalue weighted by atomic mass is 15.2. The predicted octanol–water partition coefficient (Wildman–Crippen LogP) is 1.66. The summed E-state index contributed by atoms with van der Waals surface area (Å²) in [5.41, 5.74) is 0.718. The number of rotatable bonds is 0. The first-order valence-electron chi connectivity index (χ1n) is 5.62. The number of piperazine rings is 1. The van der Waals surface area contributed by atoms with Crippen LogP contribution >= 0.6 is 0 Å². The number of hydrogen-bond donors (Lipinski definition) is 2. The van der Waals surface area contributed by atoms with E-state index in [-0.39, 0.29) is 5.54 Å². The van der Waals surface area contributed by atoms with Crippen molar-refractivity contribution in [2.45, 2.75) is 57.0 Å². The van der Waals surface area contributed by atoms with Crippen molar-refractivity contribution < 1.29 is 0 Å². The lowest BCUT2D eigenvalue weighted by atomic mass is 9.78. The second-order valence-corrected chi connectivity index (χ2v) is 5.45. The summed E-state index contributed by atoms with van der Waals surface area (Å²) in [4.78, 5) is 0. The van der Waals surface area contributed by atoms with E-state index in [9.17, 15) is 0 Å². The maximum atomic E-state index is 3.85. The summed E-state index contributed by atoms with van der Waals surface area (Å²) >= 11 is 0. The quantitative estimate of drug-likeness (QED) is 0.595. The summed E-state index contributed by atoms with van der Waals surface area (Å²) in [6.07, 6.45) is 6.98. The summed E-state index contributed by atoms with van der Waals surface area (Å²) in [6, 6.07) is 0. The van der Waals surface area contributed by atoms with E-state index in [4.69, 9.17) is 0 Å². The van der Waals surface area contributed by atoms with Crippen LogP contribution in [0.1, 0.15) is 46.0 Å². The molecule has 0 aromatic carbocycles. The molecule has 2 aliphatic rings. The van der Waals surface area contributed by atoms with Crippen LogP contribution in [0.4, 0.5) is 0 Å². The van der Waals surface area contributed by atoms with Gasteiger partial charge in [0.1, 0.15) is 0 Å². The van der Waals surface area contributed by atoms with Crippen LogP contribution < -0.4 is 10.6 Å². The van der Waals surface area contributed by atoms with Gasteiger partial charge in [-0.15, -0.1) is 0 Å². The minimum atomic E-state index is 0.287. The second-order valence-electron chi connectivity index (χ2n) is 5.45. The molecule has 76 valence electrons. The topological polar surface area (TPSA) is 24.1 Å². The number of hydrogen-bond acceptors (Lipinski definition) is 2. The van der Waals surface area contributed by atoms with Crippen molar-refractivity contribution in [1.29, 1.82) is 0 Å². The van der Waals surface area contributed by atoms with E-state index in [0.29, 0.717) is 5.54 Å². The third-order valence-electron chi connectivity index (χ3n) is 3.44. The van der Waals surface area contributed by atoms with Crippen LogP contribution in [0.5, 0.6) is 0 Å². The average Bonchev–Trinajstić information content (AvgIpc) is 2.03. The highest BCUT2D eigenvalue weighted by molar-refractivity contribution is 5.02. The molecule has 0 amide bonds. The SMILES string of the molecule is CC1(C)CNCC2(CCCCC2)N1. The van der Waals surface area contributed by atoms with E-state index >= 15 is 0 Å². The van der Waals surface area contributed by atoms with Gasteiger partial charge in [0, 0.05) is 24.2 Å². The maximum absolute atomic E-state index is 3.85. The summed E-state index contributed by atoms with van der Waals surface area (Å²) in [5, 5.41) is 7.42. The molecule has 0 radical (unpaired) electrons. The fourth-order valence-corrected chi connectivity index (χ4v) is 2.95. The molecule has 1 spiro atoms. The van der Waals surface area contributed by atoms with Gasteiger partial charge in [-0.1, -0.05) is 19.3 Å². The third kappa shape index (κ3) is 2.05. The molecule has 0 atom stereocenters. The molecule has 1 aliphatic heterocycles. The van der Waals surface area contributed by atoms with Crippen molar-refractivity contribution in [3.63, 3.8) is 0 Å². The van der Waals surface area contributed by atoms with Crippen molar-refractivity contribution in [2.75, 3.05) is 13.1 Å². The maximum Gasteiger partial charge on any atom is 0.0311 e. The molecule has 1 heterocycles. The van der Waals surface area contributed by atoms with Crippen LogP contribution in [0.15, 0.2) is 0 Å². The van der Waals surface area contributed by atoms with Crippen molar-refractivity contribution >= 4 is 0 Å². The Morgan fingerprint density at radius 3 is 2.23 bits per heavy atom. The van der Waals surface area contributed by atoms with Crippen molar-refractivity contribution in [3.05, 3.63) is 0 Å². The molecule has 1 saturated heterocycles. The normalized spacial score (nSPS) is 31.8.